The van der Waals surface area contributed by atoms with E-state index in [4.69, 9.17) is 12.2 Å². The highest BCUT2D eigenvalue weighted by atomic mass is 32.1. The molecule has 0 unspecified atom stereocenters. The average Bonchev–Trinajstić information content (AvgIpc) is 2.65. The number of anilines is 1. The molecule has 0 aliphatic carbocycles. The molecule has 1 amide bonds. The van der Waals surface area contributed by atoms with Crippen molar-refractivity contribution in [1.29, 1.82) is 0 Å². The zero-order chi connectivity index (χ0) is 21.1. The Morgan fingerprint density at radius 2 is 1.66 bits per heavy atom. The zero-order valence-corrected chi connectivity index (χ0v) is 17.6. The first-order chi connectivity index (χ1) is 13.8. The van der Waals surface area contributed by atoms with Crippen molar-refractivity contribution in [3.8, 4) is 0 Å². The van der Waals surface area contributed by atoms with E-state index >= 15 is 0 Å². The summed E-state index contributed by atoms with van der Waals surface area (Å²) in [7, 11) is 0. The molecule has 0 spiro atoms. The summed E-state index contributed by atoms with van der Waals surface area (Å²) in [5, 5.41) is 8.48. The van der Waals surface area contributed by atoms with E-state index in [2.05, 4.69) is 27.3 Å². The maximum Gasteiger partial charge on any atom is 0.290 e. The molecule has 7 nitrogen and oxygen atoms in total. The number of carbonyl (C=O) groups excluding carboxylic acids is 1. The second-order valence-electron chi connectivity index (χ2n) is 7.15. The second-order valence-corrected chi connectivity index (χ2v) is 7.56. The van der Waals surface area contributed by atoms with Gasteiger partial charge >= 0.3 is 0 Å². The van der Waals surface area contributed by atoms with Crippen molar-refractivity contribution < 1.29 is 4.79 Å². The third-order valence-electron chi connectivity index (χ3n) is 4.30. The van der Waals surface area contributed by atoms with Crippen LogP contribution in [-0.4, -0.2) is 20.8 Å². The number of thiocarbonyl (C=S) groups is 1. The first kappa shape index (κ1) is 20.5. The lowest BCUT2D eigenvalue weighted by Crippen LogP contribution is -2.44. The Kier molecular flexibility index (Phi) is 5.93. The van der Waals surface area contributed by atoms with Crippen molar-refractivity contribution in [2.75, 3.05) is 5.32 Å². The van der Waals surface area contributed by atoms with Gasteiger partial charge in [-0.15, -0.1) is 0 Å². The monoisotopic (exact) mass is 409 g/mol. The van der Waals surface area contributed by atoms with Crippen LogP contribution in [0.1, 0.15) is 41.5 Å². The van der Waals surface area contributed by atoms with E-state index in [1.165, 1.54) is 4.68 Å². The average molecular weight is 410 g/mol. The molecule has 150 valence electrons. The van der Waals surface area contributed by atoms with E-state index in [1.54, 1.807) is 24.3 Å². The molecule has 3 rings (SSSR count). The number of aryl methyl sites for hydroxylation is 2. The van der Waals surface area contributed by atoms with Gasteiger partial charge < -0.3 is 5.32 Å². The van der Waals surface area contributed by atoms with Gasteiger partial charge in [0.1, 0.15) is 0 Å². The number of rotatable bonds is 3. The van der Waals surface area contributed by atoms with Crippen molar-refractivity contribution in [2.24, 2.45) is 0 Å². The lowest BCUT2D eigenvalue weighted by molar-refractivity contribution is 0.0938. The third kappa shape index (κ3) is 4.60. The number of benzene rings is 2. The molecule has 0 aliphatic heterocycles. The number of nitrogens with one attached hydrogen (secondary N) is 3. The van der Waals surface area contributed by atoms with Crippen molar-refractivity contribution in [2.45, 2.75) is 33.7 Å². The smallest absolute Gasteiger partial charge is 0.290 e. The number of fused-ring (bicyclic) bond motifs is 1. The number of hydrogen-bond donors (Lipinski definition) is 3. The minimum Gasteiger partial charge on any atom is -0.331 e. The molecule has 0 bridgehead atoms. The van der Waals surface area contributed by atoms with Gasteiger partial charge in [-0.1, -0.05) is 24.3 Å². The Morgan fingerprint density at radius 1 is 1.03 bits per heavy atom. The Morgan fingerprint density at radius 3 is 2.28 bits per heavy atom. The van der Waals surface area contributed by atoms with E-state index in [1.807, 2.05) is 39.8 Å². The highest BCUT2D eigenvalue weighted by Gasteiger charge is 2.18. The number of nitrogens with zero attached hydrogens (tertiary/aromatic N) is 2. The van der Waals surface area contributed by atoms with E-state index in [0.29, 0.717) is 10.8 Å². The molecule has 0 saturated heterocycles. The molecule has 8 heteroatoms. The lowest BCUT2D eigenvalue weighted by Gasteiger charge is -2.15. The Bertz CT molecular complexity index is 1130. The molecule has 0 atom stereocenters. The van der Waals surface area contributed by atoms with Crippen molar-refractivity contribution in [1.82, 2.24) is 20.6 Å². The molecule has 0 saturated carbocycles. The maximum absolute atomic E-state index is 12.8. The van der Waals surface area contributed by atoms with Crippen LogP contribution >= 0.6 is 12.2 Å². The van der Waals surface area contributed by atoms with E-state index < -0.39 is 5.91 Å². The second kappa shape index (κ2) is 8.40. The Balaban J connectivity index is 1.80. The minimum absolute atomic E-state index is 0.149. The summed E-state index contributed by atoms with van der Waals surface area (Å²) in [6, 6.07) is 12.7. The fourth-order valence-corrected chi connectivity index (χ4v) is 3.28. The van der Waals surface area contributed by atoms with Crippen LogP contribution in [0.2, 0.25) is 0 Å². The van der Waals surface area contributed by atoms with Gasteiger partial charge in [-0.3, -0.25) is 20.4 Å². The number of carbonyl (C=O) groups is 1. The SMILES string of the molecule is Cc1cc(C)cc(NC(=S)NNC(=O)c2nn(C(C)C)c(=O)c3ccccc23)c1. The van der Waals surface area contributed by atoms with Gasteiger partial charge in [0, 0.05) is 11.1 Å². The highest BCUT2D eigenvalue weighted by Crippen LogP contribution is 2.15. The number of aromatic nitrogens is 2. The molecule has 3 N–H and O–H groups in total. The van der Waals surface area contributed by atoms with Crippen molar-refractivity contribution in [3.63, 3.8) is 0 Å². The third-order valence-corrected chi connectivity index (χ3v) is 4.51. The van der Waals surface area contributed by atoms with Crippen LogP contribution in [0.5, 0.6) is 0 Å². The Labute approximate surface area is 174 Å². The number of hydrazine groups is 1. The van der Waals surface area contributed by atoms with E-state index in [0.717, 1.165) is 16.8 Å². The van der Waals surface area contributed by atoms with Gasteiger partial charge in [0.2, 0.25) is 0 Å². The van der Waals surface area contributed by atoms with Crippen molar-refractivity contribution >= 4 is 39.7 Å². The van der Waals surface area contributed by atoms with Gasteiger partial charge in [-0.05, 0) is 69.2 Å². The summed E-state index contributed by atoms with van der Waals surface area (Å²) in [5.41, 5.74) is 8.19. The molecule has 0 fully saturated rings. The van der Waals surface area contributed by atoms with Gasteiger partial charge in [0.25, 0.3) is 11.5 Å². The zero-order valence-electron chi connectivity index (χ0n) is 16.7. The molecular weight excluding hydrogens is 386 g/mol. The fraction of sp³-hybridized carbons (Fsp3) is 0.238. The summed E-state index contributed by atoms with van der Waals surface area (Å²) >= 11 is 5.26. The summed E-state index contributed by atoms with van der Waals surface area (Å²) in [5.74, 6) is -0.486. The van der Waals surface area contributed by atoms with Crippen LogP contribution in [0.4, 0.5) is 5.69 Å². The minimum atomic E-state index is -0.486. The quantitative estimate of drug-likeness (QED) is 0.455. The molecule has 29 heavy (non-hydrogen) atoms. The molecule has 3 aromatic rings. The van der Waals surface area contributed by atoms with Gasteiger partial charge in [0.15, 0.2) is 10.8 Å². The van der Waals surface area contributed by atoms with E-state index in [9.17, 15) is 9.59 Å². The van der Waals surface area contributed by atoms with Gasteiger partial charge in [-0.25, -0.2) is 4.68 Å². The van der Waals surface area contributed by atoms with Gasteiger partial charge in [-0.2, -0.15) is 5.10 Å². The standard InChI is InChI=1S/C21H23N5O2S/c1-12(2)26-20(28)17-8-6-5-7-16(17)18(25-26)19(27)23-24-21(29)22-15-10-13(3)9-14(4)11-15/h5-12H,1-4H3,(H,23,27)(H2,22,24,29). The first-order valence-electron chi connectivity index (χ1n) is 9.23. The number of hydrogen-bond acceptors (Lipinski definition) is 4. The van der Waals surface area contributed by atoms with Gasteiger partial charge in [0.05, 0.1) is 11.4 Å². The Hall–Kier alpha value is -3.26. The molecular formula is C21H23N5O2S. The lowest BCUT2D eigenvalue weighted by atomic mass is 10.1. The molecule has 1 heterocycles. The topological polar surface area (TPSA) is 88.0 Å². The summed E-state index contributed by atoms with van der Waals surface area (Å²) in [6.07, 6.45) is 0. The summed E-state index contributed by atoms with van der Waals surface area (Å²) in [6.45, 7) is 7.67. The molecule has 0 radical (unpaired) electrons. The molecule has 0 aliphatic rings. The van der Waals surface area contributed by atoms with Crippen LogP contribution in [0.3, 0.4) is 0 Å². The molecule has 2 aromatic carbocycles. The molecule has 1 aromatic heterocycles. The predicted octanol–water partition coefficient (Wildman–Crippen LogP) is 3.23. The predicted molar refractivity (Wildman–Crippen MR) is 119 cm³/mol. The largest absolute Gasteiger partial charge is 0.331 e. The summed E-state index contributed by atoms with van der Waals surface area (Å²) in [4.78, 5) is 25.4. The normalized spacial score (nSPS) is 10.8. The van der Waals surface area contributed by atoms with Crippen LogP contribution in [0, 0.1) is 13.8 Å². The summed E-state index contributed by atoms with van der Waals surface area (Å²) < 4.78 is 1.31. The van der Waals surface area contributed by atoms with Crippen molar-refractivity contribution in [3.05, 3.63) is 69.6 Å². The van der Waals surface area contributed by atoms with Crippen LogP contribution in [0.15, 0.2) is 47.3 Å². The maximum atomic E-state index is 12.8. The van der Waals surface area contributed by atoms with Crippen LogP contribution in [-0.2, 0) is 0 Å². The van der Waals surface area contributed by atoms with Crippen LogP contribution in [0.25, 0.3) is 10.8 Å². The van der Waals surface area contributed by atoms with E-state index in [-0.39, 0.29) is 22.4 Å². The van der Waals surface area contributed by atoms with Crippen LogP contribution < -0.4 is 21.7 Å². The first-order valence-corrected chi connectivity index (χ1v) is 9.64. The fourth-order valence-electron chi connectivity index (χ4n) is 3.11. The number of amides is 1. The highest BCUT2D eigenvalue weighted by molar-refractivity contribution is 7.80.